The lowest BCUT2D eigenvalue weighted by molar-refractivity contribution is -0.166. The Balaban J connectivity index is 4.47. The zero-order chi connectivity index (χ0) is 45.8. The Morgan fingerprint density at radius 1 is 0.333 bits per heavy atom. The van der Waals surface area contributed by atoms with E-state index in [-0.39, 0.29) is 37.5 Å². The first-order valence-corrected chi connectivity index (χ1v) is 26.4. The fraction of sp³-hybridized carbons (Fsp3) is 0.737. The lowest BCUT2D eigenvalue weighted by Gasteiger charge is -2.18. The molecule has 0 saturated heterocycles. The van der Waals surface area contributed by atoms with Crippen LogP contribution in [-0.4, -0.2) is 37.2 Å². The van der Waals surface area contributed by atoms with Crippen molar-refractivity contribution >= 4 is 17.9 Å². The van der Waals surface area contributed by atoms with E-state index in [4.69, 9.17) is 14.2 Å². The van der Waals surface area contributed by atoms with Crippen molar-refractivity contribution in [3.05, 3.63) is 72.9 Å². The highest BCUT2D eigenvalue weighted by Crippen LogP contribution is 2.15. The highest BCUT2D eigenvalue weighted by atomic mass is 16.6. The molecule has 0 fully saturated rings. The van der Waals surface area contributed by atoms with Gasteiger partial charge in [0.2, 0.25) is 0 Å². The first kappa shape index (κ1) is 59.9. The Morgan fingerprint density at radius 3 is 0.968 bits per heavy atom. The standard InChI is InChI=1S/C57H98O6/c1-4-7-10-13-16-19-22-25-26-27-28-29-30-33-35-38-41-44-47-50-56(59)62-53-54(63-57(60)51-48-45-42-39-36-32-24-21-18-15-12-9-6-3)52-61-55(58)49-46-43-40-37-34-31-23-20-17-14-11-8-5-2/h7,10,16,19,25-26,28-29,33,35,41,44,54H,4-6,8-9,11-15,17-18,20-24,27,30-32,34,36-40,42-43,45-53H2,1-3H3/b10-7-,19-16-,26-25-,29-28-,35-33-,44-41-. The van der Waals surface area contributed by atoms with Crippen LogP contribution in [0.4, 0.5) is 0 Å². The molecule has 0 aromatic heterocycles. The molecule has 0 bridgehead atoms. The quantitative estimate of drug-likeness (QED) is 0.0262. The lowest BCUT2D eigenvalue weighted by atomic mass is 10.0. The maximum atomic E-state index is 12.8. The predicted molar refractivity (Wildman–Crippen MR) is 270 cm³/mol. The summed E-state index contributed by atoms with van der Waals surface area (Å²) in [6.45, 7) is 6.47. The van der Waals surface area contributed by atoms with Gasteiger partial charge in [-0.1, -0.05) is 248 Å². The van der Waals surface area contributed by atoms with E-state index in [1.54, 1.807) is 0 Å². The summed E-state index contributed by atoms with van der Waals surface area (Å²) in [5.74, 6) is -0.977. The highest BCUT2D eigenvalue weighted by molar-refractivity contribution is 5.71. The lowest BCUT2D eigenvalue weighted by Crippen LogP contribution is -2.30. The average Bonchev–Trinajstić information content (AvgIpc) is 3.28. The minimum absolute atomic E-state index is 0.0952. The van der Waals surface area contributed by atoms with Gasteiger partial charge in [0, 0.05) is 19.3 Å². The first-order chi connectivity index (χ1) is 31.0. The van der Waals surface area contributed by atoms with E-state index in [0.717, 1.165) is 77.0 Å². The van der Waals surface area contributed by atoms with Gasteiger partial charge in [0.1, 0.15) is 13.2 Å². The third-order valence-electron chi connectivity index (χ3n) is 11.2. The van der Waals surface area contributed by atoms with Crippen molar-refractivity contribution < 1.29 is 28.6 Å². The SMILES string of the molecule is CC/C=C\C/C=C\C/C=C\C/C=C\C/C=C\C/C=C\CCC(=O)OCC(COC(=O)CCCCCCCCCCCCCCC)OC(=O)CCCCCCCCCCCCCCC. The van der Waals surface area contributed by atoms with Gasteiger partial charge in [-0.3, -0.25) is 14.4 Å². The van der Waals surface area contributed by atoms with Crippen LogP contribution in [0.3, 0.4) is 0 Å². The van der Waals surface area contributed by atoms with Gasteiger partial charge < -0.3 is 14.2 Å². The molecule has 0 aliphatic heterocycles. The normalized spacial score (nSPS) is 12.6. The highest BCUT2D eigenvalue weighted by Gasteiger charge is 2.19. The monoisotopic (exact) mass is 879 g/mol. The number of esters is 3. The van der Waals surface area contributed by atoms with Gasteiger partial charge in [0.15, 0.2) is 6.10 Å². The number of allylic oxidation sites excluding steroid dienone is 12. The average molecular weight is 879 g/mol. The van der Waals surface area contributed by atoms with Crippen LogP contribution in [0, 0.1) is 0 Å². The largest absolute Gasteiger partial charge is 0.462 e. The number of hydrogen-bond donors (Lipinski definition) is 0. The summed E-state index contributed by atoms with van der Waals surface area (Å²) in [5.41, 5.74) is 0. The minimum Gasteiger partial charge on any atom is -0.462 e. The summed E-state index contributed by atoms with van der Waals surface area (Å²) in [7, 11) is 0. The summed E-state index contributed by atoms with van der Waals surface area (Å²) >= 11 is 0. The number of rotatable bonds is 47. The van der Waals surface area contributed by atoms with Crippen LogP contribution in [0.15, 0.2) is 72.9 Å². The van der Waals surface area contributed by atoms with Crippen molar-refractivity contribution in [3.63, 3.8) is 0 Å². The second kappa shape index (κ2) is 51.5. The van der Waals surface area contributed by atoms with Crippen LogP contribution in [-0.2, 0) is 28.6 Å². The number of carbonyl (C=O) groups is 3. The van der Waals surface area contributed by atoms with Crippen molar-refractivity contribution in [2.75, 3.05) is 13.2 Å². The molecule has 0 saturated carbocycles. The first-order valence-electron chi connectivity index (χ1n) is 26.4. The Hall–Kier alpha value is -3.15. The van der Waals surface area contributed by atoms with Gasteiger partial charge in [0.25, 0.3) is 0 Å². The fourth-order valence-electron chi connectivity index (χ4n) is 7.29. The van der Waals surface area contributed by atoms with Gasteiger partial charge in [-0.2, -0.15) is 0 Å². The zero-order valence-corrected chi connectivity index (χ0v) is 41.3. The molecule has 0 rings (SSSR count). The van der Waals surface area contributed by atoms with E-state index in [1.165, 1.54) is 128 Å². The Bertz CT molecular complexity index is 1190. The summed E-state index contributed by atoms with van der Waals surface area (Å²) in [6, 6.07) is 0. The van der Waals surface area contributed by atoms with E-state index in [0.29, 0.717) is 19.3 Å². The molecule has 6 heteroatoms. The van der Waals surface area contributed by atoms with Crippen molar-refractivity contribution in [3.8, 4) is 0 Å². The molecule has 0 amide bonds. The molecule has 0 radical (unpaired) electrons. The zero-order valence-electron chi connectivity index (χ0n) is 41.3. The van der Waals surface area contributed by atoms with Crippen molar-refractivity contribution in [1.82, 2.24) is 0 Å². The molecule has 1 unspecified atom stereocenters. The topological polar surface area (TPSA) is 78.9 Å². The molecule has 63 heavy (non-hydrogen) atoms. The van der Waals surface area contributed by atoms with Crippen LogP contribution in [0.25, 0.3) is 0 Å². The summed E-state index contributed by atoms with van der Waals surface area (Å²) in [4.78, 5) is 37.9. The second-order valence-corrected chi connectivity index (χ2v) is 17.4. The molecule has 0 spiro atoms. The molecule has 0 aromatic carbocycles. The van der Waals surface area contributed by atoms with E-state index < -0.39 is 6.10 Å². The van der Waals surface area contributed by atoms with Gasteiger partial charge in [-0.25, -0.2) is 0 Å². The Kier molecular flexibility index (Phi) is 48.9. The van der Waals surface area contributed by atoms with Crippen LogP contribution < -0.4 is 0 Å². The third kappa shape index (κ3) is 49.7. The van der Waals surface area contributed by atoms with Gasteiger partial charge in [-0.15, -0.1) is 0 Å². The summed E-state index contributed by atoms with van der Waals surface area (Å²) < 4.78 is 16.7. The molecular weight excluding hydrogens is 781 g/mol. The van der Waals surface area contributed by atoms with Crippen molar-refractivity contribution in [1.29, 1.82) is 0 Å². The van der Waals surface area contributed by atoms with Crippen LogP contribution in [0.5, 0.6) is 0 Å². The Labute approximate surface area is 389 Å². The van der Waals surface area contributed by atoms with Crippen LogP contribution in [0.1, 0.15) is 252 Å². The molecule has 0 aliphatic carbocycles. The number of unbranched alkanes of at least 4 members (excludes halogenated alkanes) is 24. The molecule has 0 N–H and O–H groups in total. The van der Waals surface area contributed by atoms with Crippen LogP contribution in [0.2, 0.25) is 0 Å². The van der Waals surface area contributed by atoms with E-state index in [9.17, 15) is 14.4 Å². The summed E-state index contributed by atoms with van der Waals surface area (Å²) in [5, 5.41) is 0. The molecule has 0 aromatic rings. The number of ether oxygens (including phenoxy) is 3. The molecule has 0 heterocycles. The van der Waals surface area contributed by atoms with Gasteiger partial charge >= 0.3 is 17.9 Å². The van der Waals surface area contributed by atoms with Gasteiger partial charge in [0.05, 0.1) is 0 Å². The molecule has 1 atom stereocenters. The van der Waals surface area contributed by atoms with Crippen molar-refractivity contribution in [2.24, 2.45) is 0 Å². The molecule has 0 aliphatic rings. The smallest absolute Gasteiger partial charge is 0.306 e. The van der Waals surface area contributed by atoms with Crippen LogP contribution >= 0.6 is 0 Å². The molecule has 6 nitrogen and oxygen atoms in total. The fourth-order valence-corrected chi connectivity index (χ4v) is 7.29. The molecular formula is C57H98O6. The maximum absolute atomic E-state index is 12.8. The van der Waals surface area contributed by atoms with E-state index in [2.05, 4.69) is 87.6 Å². The van der Waals surface area contributed by atoms with Gasteiger partial charge in [-0.05, 0) is 57.8 Å². The maximum Gasteiger partial charge on any atom is 0.306 e. The minimum atomic E-state index is -0.801. The summed E-state index contributed by atoms with van der Waals surface area (Å²) in [6.07, 6.45) is 64.7. The predicted octanol–water partition coefficient (Wildman–Crippen LogP) is 17.4. The second-order valence-electron chi connectivity index (χ2n) is 17.4. The number of hydrogen-bond acceptors (Lipinski definition) is 6. The van der Waals surface area contributed by atoms with E-state index >= 15 is 0 Å². The third-order valence-corrected chi connectivity index (χ3v) is 11.2. The number of carbonyl (C=O) groups excluding carboxylic acids is 3. The van der Waals surface area contributed by atoms with E-state index in [1.807, 2.05) is 6.08 Å². The Morgan fingerprint density at radius 2 is 0.619 bits per heavy atom. The molecule has 362 valence electrons. The van der Waals surface area contributed by atoms with Crippen molar-refractivity contribution in [2.45, 2.75) is 258 Å².